The lowest BCUT2D eigenvalue weighted by Gasteiger charge is -2.33. The van der Waals surface area contributed by atoms with Crippen molar-refractivity contribution in [2.45, 2.75) is 18.2 Å². The molecule has 0 spiro atoms. The summed E-state index contributed by atoms with van der Waals surface area (Å²) in [5.41, 5.74) is 0.723. The molecule has 1 aromatic rings. The molecule has 0 aliphatic carbocycles. The molecule has 10 nitrogen and oxygen atoms in total. The number of piperazine rings is 1. The van der Waals surface area contributed by atoms with Crippen molar-refractivity contribution in [3.63, 3.8) is 0 Å². The van der Waals surface area contributed by atoms with E-state index in [1.165, 1.54) is 4.31 Å². The van der Waals surface area contributed by atoms with Crippen molar-refractivity contribution in [1.29, 1.82) is 0 Å². The third-order valence-corrected chi connectivity index (χ3v) is 8.72. The minimum atomic E-state index is -3.44. The van der Waals surface area contributed by atoms with Crippen LogP contribution in [0.1, 0.15) is 12.0 Å². The maximum absolute atomic E-state index is 12.6. The Hall–Kier alpha value is -2.02. The SMILES string of the molecule is O=C(CN1CCN(S(=O)(=O)Cc2ccccc2)CC1)NC(=O)N[C@H]1CCS(=O)(=O)C1. The maximum atomic E-state index is 12.6. The molecule has 2 saturated heterocycles. The van der Waals surface area contributed by atoms with E-state index in [1.807, 2.05) is 6.07 Å². The minimum Gasteiger partial charge on any atom is -0.334 e. The summed E-state index contributed by atoms with van der Waals surface area (Å²) in [6.45, 7) is 1.26. The van der Waals surface area contributed by atoms with Gasteiger partial charge in [0.2, 0.25) is 15.9 Å². The predicted octanol–water partition coefficient (Wildman–Crippen LogP) is -0.853. The summed E-state index contributed by atoms with van der Waals surface area (Å²) >= 11 is 0. The van der Waals surface area contributed by atoms with Crippen LogP contribution in [0.2, 0.25) is 0 Å². The number of hydrogen-bond acceptors (Lipinski definition) is 7. The quantitative estimate of drug-likeness (QED) is 0.567. The average Bonchev–Trinajstić information content (AvgIpc) is 3.00. The van der Waals surface area contributed by atoms with Crippen molar-refractivity contribution >= 4 is 31.8 Å². The van der Waals surface area contributed by atoms with E-state index in [2.05, 4.69) is 10.6 Å². The van der Waals surface area contributed by atoms with Crippen LogP contribution in [-0.4, -0.2) is 88.3 Å². The molecule has 0 saturated carbocycles. The molecule has 2 fully saturated rings. The molecule has 1 aromatic carbocycles. The highest BCUT2D eigenvalue weighted by Gasteiger charge is 2.30. The number of carbonyl (C=O) groups excluding carboxylic acids is 2. The Morgan fingerprint density at radius 3 is 2.33 bits per heavy atom. The molecule has 0 bridgehead atoms. The molecule has 0 aromatic heterocycles. The Morgan fingerprint density at radius 2 is 1.73 bits per heavy atom. The molecule has 2 aliphatic heterocycles. The number of rotatable bonds is 6. The fraction of sp³-hybridized carbons (Fsp3) is 0.556. The molecule has 2 heterocycles. The van der Waals surface area contributed by atoms with Gasteiger partial charge >= 0.3 is 6.03 Å². The van der Waals surface area contributed by atoms with Gasteiger partial charge in [-0.25, -0.2) is 21.6 Å². The zero-order valence-corrected chi connectivity index (χ0v) is 18.1. The molecule has 2 N–H and O–H groups in total. The van der Waals surface area contributed by atoms with Crippen LogP contribution in [0.25, 0.3) is 0 Å². The first kappa shape index (κ1) is 22.7. The molecule has 2 aliphatic rings. The summed E-state index contributed by atoms with van der Waals surface area (Å²) in [6.07, 6.45) is 0.337. The second-order valence-electron chi connectivity index (χ2n) is 7.54. The first-order valence-electron chi connectivity index (χ1n) is 9.68. The Bertz CT molecular complexity index is 973. The normalized spacial score (nSPS) is 22.5. The number of urea groups is 1. The Balaban J connectivity index is 1.40. The van der Waals surface area contributed by atoms with Crippen LogP contribution in [0.4, 0.5) is 4.79 Å². The number of imide groups is 1. The van der Waals surface area contributed by atoms with Crippen molar-refractivity contribution < 1.29 is 26.4 Å². The second kappa shape index (κ2) is 9.41. The average molecular weight is 459 g/mol. The van der Waals surface area contributed by atoms with Crippen molar-refractivity contribution in [2.75, 3.05) is 44.2 Å². The van der Waals surface area contributed by atoms with Crippen molar-refractivity contribution in [1.82, 2.24) is 19.8 Å². The third kappa shape index (κ3) is 6.49. The standard InChI is InChI=1S/C18H26N4O6S2/c23-17(20-18(24)19-16-6-11-29(25,26)14-16)12-21-7-9-22(10-8-21)30(27,28)13-15-4-2-1-3-5-15/h1-5,16H,6-14H2,(H2,19,20,23,24)/t16-/m0/s1. The van der Waals surface area contributed by atoms with E-state index in [0.717, 1.165) is 5.56 Å². The minimum absolute atomic E-state index is 0.0311. The molecule has 3 rings (SSSR count). The molecule has 12 heteroatoms. The second-order valence-corrected chi connectivity index (χ2v) is 11.7. The van der Waals surface area contributed by atoms with Crippen molar-refractivity contribution in [3.05, 3.63) is 35.9 Å². The van der Waals surface area contributed by atoms with Crippen LogP contribution in [0.5, 0.6) is 0 Å². The topological polar surface area (TPSA) is 133 Å². The Morgan fingerprint density at radius 1 is 1.07 bits per heavy atom. The number of sulfonamides is 1. The summed E-state index contributed by atoms with van der Waals surface area (Å²) in [5.74, 6) is -0.670. The molecule has 30 heavy (non-hydrogen) atoms. The number of sulfone groups is 1. The lowest BCUT2D eigenvalue weighted by molar-refractivity contribution is -0.121. The smallest absolute Gasteiger partial charge is 0.321 e. The van der Waals surface area contributed by atoms with Gasteiger partial charge in [0.25, 0.3) is 0 Å². The molecule has 166 valence electrons. The van der Waals surface area contributed by atoms with Crippen molar-refractivity contribution in [2.24, 2.45) is 0 Å². The number of nitrogens with one attached hydrogen (secondary N) is 2. The Labute approximate surface area is 176 Å². The van der Waals surface area contributed by atoms with Gasteiger partial charge in [-0.2, -0.15) is 4.31 Å². The van der Waals surface area contributed by atoms with Crippen LogP contribution in [0, 0.1) is 0 Å². The first-order chi connectivity index (χ1) is 14.1. The van der Waals surface area contributed by atoms with E-state index in [4.69, 9.17) is 0 Å². The van der Waals surface area contributed by atoms with Crippen LogP contribution in [0.3, 0.4) is 0 Å². The van der Waals surface area contributed by atoms with E-state index in [-0.39, 0.29) is 36.9 Å². The largest absolute Gasteiger partial charge is 0.334 e. The molecule has 1 atom stereocenters. The molecule has 0 unspecified atom stereocenters. The van der Waals surface area contributed by atoms with Crippen LogP contribution >= 0.6 is 0 Å². The van der Waals surface area contributed by atoms with Crippen molar-refractivity contribution in [3.8, 4) is 0 Å². The zero-order valence-electron chi connectivity index (χ0n) is 16.5. The van der Waals surface area contributed by atoms with Crippen LogP contribution < -0.4 is 10.6 Å². The fourth-order valence-electron chi connectivity index (χ4n) is 3.54. The van der Waals surface area contributed by atoms with E-state index >= 15 is 0 Å². The lowest BCUT2D eigenvalue weighted by Crippen LogP contribution is -2.53. The Kier molecular flexibility index (Phi) is 7.11. The summed E-state index contributed by atoms with van der Waals surface area (Å²) in [4.78, 5) is 25.7. The van der Waals surface area contributed by atoms with E-state index in [9.17, 15) is 26.4 Å². The van der Waals surface area contributed by atoms with Gasteiger partial charge < -0.3 is 5.32 Å². The van der Waals surface area contributed by atoms with Gasteiger partial charge in [0.1, 0.15) is 0 Å². The number of nitrogens with zero attached hydrogens (tertiary/aromatic N) is 2. The third-order valence-electron chi connectivity index (χ3n) is 5.10. The van der Waals surface area contributed by atoms with Gasteiger partial charge in [0.15, 0.2) is 9.84 Å². The summed E-state index contributed by atoms with van der Waals surface area (Å²) in [7, 11) is -6.56. The molecular formula is C18H26N4O6S2. The fourth-order valence-corrected chi connectivity index (χ4v) is 6.73. The number of amides is 3. The van der Waals surface area contributed by atoms with Crippen LogP contribution in [0.15, 0.2) is 30.3 Å². The van der Waals surface area contributed by atoms with E-state index in [0.29, 0.717) is 19.5 Å². The summed E-state index contributed by atoms with van der Waals surface area (Å²) in [5, 5.41) is 4.69. The lowest BCUT2D eigenvalue weighted by atomic mass is 10.2. The summed E-state index contributed by atoms with van der Waals surface area (Å²) in [6, 6.07) is 7.75. The van der Waals surface area contributed by atoms with Gasteiger partial charge in [0, 0.05) is 32.2 Å². The molecule has 0 radical (unpaired) electrons. The van der Waals surface area contributed by atoms with Gasteiger partial charge in [-0.15, -0.1) is 0 Å². The molecule has 3 amide bonds. The number of benzene rings is 1. The van der Waals surface area contributed by atoms with Gasteiger partial charge in [-0.1, -0.05) is 30.3 Å². The highest BCUT2D eigenvalue weighted by molar-refractivity contribution is 7.91. The van der Waals surface area contributed by atoms with Gasteiger partial charge in [-0.05, 0) is 12.0 Å². The maximum Gasteiger partial charge on any atom is 0.321 e. The van der Waals surface area contributed by atoms with Gasteiger partial charge in [-0.3, -0.25) is 15.0 Å². The summed E-state index contributed by atoms with van der Waals surface area (Å²) < 4.78 is 49.4. The highest BCUT2D eigenvalue weighted by Crippen LogP contribution is 2.14. The first-order valence-corrected chi connectivity index (χ1v) is 13.1. The monoisotopic (exact) mass is 458 g/mol. The number of carbonyl (C=O) groups is 2. The zero-order chi connectivity index (χ0) is 21.8. The number of hydrogen-bond donors (Lipinski definition) is 2. The van der Waals surface area contributed by atoms with E-state index in [1.54, 1.807) is 29.2 Å². The van der Waals surface area contributed by atoms with E-state index < -0.39 is 37.8 Å². The van der Waals surface area contributed by atoms with Crippen LogP contribution in [-0.2, 0) is 30.4 Å². The highest BCUT2D eigenvalue weighted by atomic mass is 32.2. The predicted molar refractivity (Wildman–Crippen MR) is 111 cm³/mol. The van der Waals surface area contributed by atoms with Gasteiger partial charge in [0.05, 0.1) is 23.8 Å². The molecular weight excluding hydrogens is 432 g/mol.